The molecule has 12 nitrogen and oxygen atoms in total. The van der Waals surface area contributed by atoms with E-state index in [-0.39, 0.29) is 34.4 Å². The van der Waals surface area contributed by atoms with Crippen LogP contribution < -0.4 is 5.32 Å². The van der Waals surface area contributed by atoms with Crippen LogP contribution in [0.2, 0.25) is 5.02 Å². The molecule has 1 aromatic heterocycles. The topological polar surface area (TPSA) is 170 Å². The van der Waals surface area contributed by atoms with Crippen LogP contribution >= 0.6 is 11.6 Å². The number of aliphatic hydroxyl groups excluding tert-OH is 1. The monoisotopic (exact) mass is 696 g/mol. The Kier molecular flexibility index (Phi) is 10.2. The summed E-state index contributed by atoms with van der Waals surface area (Å²) >= 11 is 6.67. The van der Waals surface area contributed by atoms with Gasteiger partial charge < -0.3 is 29.2 Å². The molecule has 14 heteroatoms. The maximum atomic E-state index is 13.8. The third kappa shape index (κ3) is 7.70. The molecule has 0 spiro atoms. The zero-order chi connectivity index (χ0) is 34.7. The Morgan fingerprint density at radius 3 is 2.58 bits per heavy atom. The summed E-state index contributed by atoms with van der Waals surface area (Å²) in [5.74, 6) is -2.85. The largest absolute Gasteiger partial charge is 0.464 e. The number of sulfone groups is 1. The third-order valence-electron chi connectivity index (χ3n) is 8.03. The van der Waals surface area contributed by atoms with E-state index in [0.717, 1.165) is 22.8 Å². The van der Waals surface area contributed by atoms with E-state index in [0.29, 0.717) is 35.2 Å². The third-order valence-corrected chi connectivity index (χ3v) is 9.44. The number of esters is 2. The summed E-state index contributed by atoms with van der Waals surface area (Å²) < 4.78 is 39.8. The molecule has 2 amide bonds. The summed E-state index contributed by atoms with van der Waals surface area (Å²) in [7, 11) is -3.57. The fourth-order valence-electron chi connectivity index (χ4n) is 5.68. The Hall–Kier alpha value is -4.72. The molecule has 252 valence electrons. The zero-order valence-electron chi connectivity index (χ0n) is 26.3. The van der Waals surface area contributed by atoms with Gasteiger partial charge in [-0.3, -0.25) is 9.59 Å². The minimum Gasteiger partial charge on any atom is -0.464 e. The lowest BCUT2D eigenvalue weighted by Gasteiger charge is -2.31. The van der Waals surface area contributed by atoms with Crippen LogP contribution in [0.3, 0.4) is 0 Å². The van der Waals surface area contributed by atoms with Crippen molar-refractivity contribution in [1.29, 1.82) is 0 Å². The maximum Gasteiger partial charge on any atom is 0.334 e. The number of amides is 2. The van der Waals surface area contributed by atoms with Crippen molar-refractivity contribution in [2.24, 2.45) is 0 Å². The van der Waals surface area contributed by atoms with E-state index in [1.807, 2.05) is 12.1 Å². The molecule has 0 bridgehead atoms. The molecule has 0 saturated heterocycles. The van der Waals surface area contributed by atoms with E-state index in [9.17, 15) is 27.6 Å². The van der Waals surface area contributed by atoms with Crippen LogP contribution in [0, 0.1) is 6.92 Å². The molecule has 1 aliphatic rings. The number of ether oxygens (including phenoxy) is 2. The van der Waals surface area contributed by atoms with Gasteiger partial charge in [0.05, 0.1) is 21.7 Å². The molecule has 5 rings (SSSR count). The van der Waals surface area contributed by atoms with Crippen molar-refractivity contribution in [2.45, 2.75) is 50.5 Å². The smallest absolute Gasteiger partial charge is 0.334 e. The highest BCUT2D eigenvalue weighted by Crippen LogP contribution is 2.32. The first kappa shape index (κ1) is 34.6. The van der Waals surface area contributed by atoms with E-state index >= 15 is 0 Å². The highest BCUT2D eigenvalue weighted by atomic mass is 35.5. The van der Waals surface area contributed by atoms with Crippen molar-refractivity contribution in [3.63, 3.8) is 0 Å². The molecular weight excluding hydrogens is 664 g/mol. The van der Waals surface area contributed by atoms with Gasteiger partial charge in [0.2, 0.25) is 6.29 Å². The van der Waals surface area contributed by atoms with Crippen LogP contribution in [0.15, 0.2) is 70.2 Å². The number of carbonyl (C=O) groups is 4. The minimum atomic E-state index is -3.57. The number of hydrogen-bond acceptors (Lipinski definition) is 10. The molecule has 2 atom stereocenters. The maximum absolute atomic E-state index is 13.8. The van der Waals surface area contributed by atoms with Gasteiger partial charge in [0.25, 0.3) is 11.8 Å². The number of nitrogens with zero attached hydrogens (tertiary/aromatic N) is 1. The predicted molar refractivity (Wildman–Crippen MR) is 174 cm³/mol. The number of furan rings is 1. The highest BCUT2D eigenvalue weighted by molar-refractivity contribution is 7.90. The Balaban J connectivity index is 1.38. The first-order valence-electron chi connectivity index (χ1n) is 14.9. The highest BCUT2D eigenvalue weighted by Gasteiger charge is 2.31. The molecule has 0 aliphatic carbocycles. The first-order valence-corrected chi connectivity index (χ1v) is 17.2. The van der Waals surface area contributed by atoms with E-state index in [2.05, 4.69) is 5.32 Å². The van der Waals surface area contributed by atoms with Gasteiger partial charge in [-0.05, 0) is 72.0 Å². The van der Waals surface area contributed by atoms with Crippen LogP contribution in [-0.4, -0.2) is 73.9 Å². The van der Waals surface area contributed by atoms with Crippen LogP contribution in [-0.2, 0) is 48.3 Å². The van der Waals surface area contributed by atoms with Crippen LogP contribution in [0.1, 0.15) is 49.9 Å². The first-order chi connectivity index (χ1) is 22.7. The summed E-state index contributed by atoms with van der Waals surface area (Å²) in [4.78, 5) is 53.6. The Bertz CT molecular complexity index is 2020. The van der Waals surface area contributed by atoms with E-state index in [1.54, 1.807) is 42.4 Å². The van der Waals surface area contributed by atoms with E-state index in [1.165, 1.54) is 25.1 Å². The Labute approximate surface area is 281 Å². The summed E-state index contributed by atoms with van der Waals surface area (Å²) in [6, 6.07) is 13.3. The number of hydrogen-bond donors (Lipinski definition) is 2. The second-order valence-electron chi connectivity index (χ2n) is 11.4. The number of halogens is 1. The van der Waals surface area contributed by atoms with Crippen molar-refractivity contribution >= 4 is 56.2 Å². The van der Waals surface area contributed by atoms with E-state index < -0.39 is 46.6 Å². The van der Waals surface area contributed by atoms with Crippen molar-refractivity contribution in [2.75, 3.05) is 19.4 Å². The number of aliphatic hydroxyl groups is 1. The number of nitrogens with one attached hydrogen (secondary N) is 1. The van der Waals surface area contributed by atoms with Gasteiger partial charge in [0, 0.05) is 43.6 Å². The molecule has 4 aromatic rings. The number of benzene rings is 3. The summed E-state index contributed by atoms with van der Waals surface area (Å²) in [6.07, 6.45) is 1.50. The van der Waals surface area contributed by atoms with Crippen LogP contribution in [0.5, 0.6) is 0 Å². The van der Waals surface area contributed by atoms with Crippen LogP contribution in [0.25, 0.3) is 11.0 Å². The van der Waals surface area contributed by atoms with Gasteiger partial charge in [-0.25, -0.2) is 18.0 Å². The standard InChI is InChI=1S/C34H33ClN2O10S/c1-19-26-9-11-37(33(41)23-8-7-22-10-12-45-29(22)16-23)17-24(26)15-27(35)31(19)32(40)36-28(34(42)47-20(2)46-30(39)18-38)14-21-5-4-6-25(13-21)48(3,43)44/h4-8,10,12-13,15-16,20,28,38H,9,11,14,17-18H2,1-3H3,(H,36,40)/t20?,28-/m0/s1. The normalized spacial score (nSPS) is 14.1. The quantitative estimate of drug-likeness (QED) is 0.184. The average molecular weight is 697 g/mol. The van der Waals surface area contributed by atoms with E-state index in [4.69, 9.17) is 30.6 Å². The lowest BCUT2D eigenvalue weighted by molar-refractivity contribution is -0.187. The molecule has 0 radical (unpaired) electrons. The van der Waals surface area contributed by atoms with Crippen LogP contribution in [0.4, 0.5) is 0 Å². The van der Waals surface area contributed by atoms with Crippen molar-refractivity contribution < 1.29 is 46.6 Å². The number of carbonyl (C=O) groups excluding carboxylic acids is 4. The second-order valence-corrected chi connectivity index (χ2v) is 13.9. The summed E-state index contributed by atoms with van der Waals surface area (Å²) in [5, 5.41) is 12.6. The van der Waals surface area contributed by atoms with Crippen molar-refractivity contribution in [3.8, 4) is 0 Å². The number of rotatable bonds is 10. The predicted octanol–water partition coefficient (Wildman–Crippen LogP) is 3.76. The van der Waals surface area contributed by atoms with Gasteiger partial charge in [-0.15, -0.1) is 0 Å². The molecule has 0 fully saturated rings. The molecular formula is C34H33ClN2O10S. The minimum absolute atomic E-state index is 0.0197. The molecule has 2 heterocycles. The van der Waals surface area contributed by atoms with Crippen molar-refractivity contribution in [3.05, 3.63) is 99.3 Å². The van der Waals surface area contributed by atoms with Gasteiger partial charge in [-0.1, -0.05) is 29.8 Å². The Morgan fingerprint density at radius 2 is 1.85 bits per heavy atom. The molecule has 48 heavy (non-hydrogen) atoms. The zero-order valence-corrected chi connectivity index (χ0v) is 27.9. The van der Waals surface area contributed by atoms with Crippen molar-refractivity contribution in [1.82, 2.24) is 10.2 Å². The SMILES string of the molecule is Cc1c2c(cc(Cl)c1C(=O)N[C@@H](Cc1cccc(S(C)(=O)=O)c1)C(=O)OC(C)OC(=O)CO)CN(C(=O)c1ccc3ccoc3c1)CC2. The molecule has 0 saturated carbocycles. The second kappa shape index (κ2) is 14.2. The lowest BCUT2D eigenvalue weighted by atomic mass is 9.90. The summed E-state index contributed by atoms with van der Waals surface area (Å²) in [5.41, 5.74) is 3.83. The van der Waals surface area contributed by atoms with Gasteiger partial charge in [-0.2, -0.15) is 0 Å². The molecule has 3 aromatic carbocycles. The summed E-state index contributed by atoms with van der Waals surface area (Å²) in [6.45, 7) is 2.73. The fourth-order valence-corrected chi connectivity index (χ4v) is 6.73. The Morgan fingerprint density at radius 1 is 1.08 bits per heavy atom. The number of fused-ring (bicyclic) bond motifs is 2. The van der Waals surface area contributed by atoms with Gasteiger partial charge >= 0.3 is 11.9 Å². The van der Waals surface area contributed by atoms with Gasteiger partial charge in [0.1, 0.15) is 18.2 Å². The fraction of sp³-hybridized carbons (Fsp3) is 0.294. The molecule has 1 aliphatic heterocycles. The lowest BCUT2D eigenvalue weighted by Crippen LogP contribution is -2.45. The molecule has 2 N–H and O–H groups in total. The average Bonchev–Trinajstić information content (AvgIpc) is 3.51. The van der Waals surface area contributed by atoms with Gasteiger partial charge in [0.15, 0.2) is 9.84 Å². The molecule has 1 unspecified atom stereocenters.